The van der Waals surface area contributed by atoms with Crippen molar-refractivity contribution in [1.29, 1.82) is 0 Å². The minimum absolute atomic E-state index is 0.0332. The van der Waals surface area contributed by atoms with Crippen LogP contribution in [-0.4, -0.2) is 81.0 Å². The van der Waals surface area contributed by atoms with Gasteiger partial charge >= 0.3 is 0 Å². The van der Waals surface area contributed by atoms with Crippen molar-refractivity contribution in [2.45, 2.75) is 134 Å². The number of H-pyrrole nitrogens is 1. The average Bonchev–Trinajstić information content (AvgIpc) is 2.69. The summed E-state index contributed by atoms with van der Waals surface area (Å²) in [5.74, 6) is 14.8. The molecular weight excluding hydrogens is 1020 g/mol. The van der Waals surface area contributed by atoms with Crippen LogP contribution in [-0.2, 0) is 25.7 Å². The number of imidazole rings is 1. The van der Waals surface area contributed by atoms with Gasteiger partial charge < -0.3 is 42.0 Å². The van der Waals surface area contributed by atoms with Gasteiger partial charge in [0.1, 0.15) is 5.75 Å². The number of aromatic amines is 1. The zero-order valence-corrected chi connectivity index (χ0v) is 47.5. The number of aromatic nitrogens is 2. The van der Waals surface area contributed by atoms with Crippen LogP contribution in [0.2, 0.25) is 0 Å². The number of allylic oxidation sites excluding steroid dienone is 1. The Morgan fingerprint density at radius 1 is 0.987 bits per heavy atom. The number of hydrogen-bond donors (Lipinski definition) is 8. The van der Waals surface area contributed by atoms with E-state index in [1.807, 2.05) is 45.3 Å². The summed E-state index contributed by atoms with van der Waals surface area (Å²) < 4.78 is 0. The molecule has 0 radical (unpaired) electrons. The van der Waals surface area contributed by atoms with Gasteiger partial charge in [-0.1, -0.05) is 79.5 Å². The molecule has 12 atom stereocenters. The standard InChI is InChI=1S/C66H75N7O4S2/c1-4-9-46-15-18-54(78-46)55-19-20-56(79-55)61(76)51-24-26-64-25-23-50-59(65(37-66(50,51)36-64)27-22-42(33-68-3)52(65)35-74)40-14-16-47-43(30-58(64)73-62(67)71-44-12-6-5-7-13-44)29-53(75)48-17-21-57(72-60(47)48)63(2,77)32-41-11-8-10-39(28-40)49(41)31-45-34-69-38-70-45/h8,10-11,15,17-21,23,25,29,34,38,40,42,44,50-52,57-59,68,72,74-75,77H,5-7,12-13,22,24,26-28,30-33,35-37H2,1-3H3,(H,69,70)(H3,67,71,73)/t40-,42+,50-,51-,52+,57+,58-,59+,63+,64-,65-,66+/m1/s1. The van der Waals surface area contributed by atoms with Crippen LogP contribution < -0.4 is 21.7 Å². The lowest BCUT2D eigenvalue weighted by Crippen LogP contribution is -2.54. The molecule has 2 aromatic carbocycles. The van der Waals surface area contributed by atoms with E-state index >= 15 is 4.79 Å². The van der Waals surface area contributed by atoms with Gasteiger partial charge in [0.05, 0.1) is 45.0 Å². The number of aliphatic hydroxyl groups excluding tert-OH is 1. The number of phenols is 1. The summed E-state index contributed by atoms with van der Waals surface area (Å²) in [6.07, 6.45) is 25.2. The van der Waals surface area contributed by atoms with Crippen LogP contribution in [0.4, 0.5) is 5.69 Å². The first kappa shape index (κ1) is 52.4. The Morgan fingerprint density at radius 3 is 2.63 bits per heavy atom. The number of nitrogens with one attached hydrogen (secondary N) is 4. The molecule has 4 saturated carbocycles. The monoisotopic (exact) mass is 1090 g/mol. The molecule has 5 aromatic rings. The highest BCUT2D eigenvalue weighted by molar-refractivity contribution is 7.23. The second-order valence-electron chi connectivity index (χ2n) is 25.1. The van der Waals surface area contributed by atoms with Crippen molar-refractivity contribution < 1.29 is 20.1 Å². The van der Waals surface area contributed by atoms with Crippen LogP contribution >= 0.6 is 22.7 Å². The van der Waals surface area contributed by atoms with E-state index in [4.69, 9.17) is 10.7 Å². The van der Waals surface area contributed by atoms with Crippen LogP contribution in [0.15, 0.2) is 84.3 Å². The van der Waals surface area contributed by atoms with E-state index in [1.165, 1.54) is 12.0 Å². The van der Waals surface area contributed by atoms with Crippen LogP contribution in [0, 0.1) is 75.4 Å². The lowest BCUT2D eigenvalue weighted by molar-refractivity contribution is -0.0194. The number of aliphatic hydroxyl groups is 2. The Labute approximate surface area is 473 Å². The van der Waals surface area contributed by atoms with E-state index in [1.54, 1.807) is 29.0 Å². The van der Waals surface area contributed by atoms with Gasteiger partial charge in [-0.2, -0.15) is 0 Å². The second-order valence-corrected chi connectivity index (χ2v) is 27.3. The lowest BCUT2D eigenvalue weighted by Gasteiger charge is -2.57. The fraction of sp³-hybridized carbons (Fsp3) is 0.500. The van der Waals surface area contributed by atoms with Gasteiger partial charge in [-0.3, -0.25) is 4.79 Å². The van der Waals surface area contributed by atoms with Crippen molar-refractivity contribution in [2.24, 2.45) is 62.5 Å². The molecule has 8 aliphatic rings. The number of aliphatic imine (C=N–C) groups is 1. The van der Waals surface area contributed by atoms with Gasteiger partial charge in [-0.15, -0.1) is 28.6 Å². The molecule has 0 saturated heterocycles. The summed E-state index contributed by atoms with van der Waals surface area (Å²) in [5.41, 5.74) is 12.0. The smallest absolute Gasteiger partial charge is 0.189 e. The number of thiophene rings is 2. The third kappa shape index (κ3) is 9.02. The molecule has 0 unspecified atom stereocenters. The molecule has 0 amide bonds. The molecule has 13 rings (SSSR count). The zero-order valence-electron chi connectivity index (χ0n) is 45.8. The number of hydrogen-bond acceptors (Lipinski definition) is 10. The highest BCUT2D eigenvalue weighted by Crippen LogP contribution is 2.76. The molecule has 3 aromatic heterocycles. The maximum absolute atomic E-state index is 16.2. The van der Waals surface area contributed by atoms with E-state index in [0.717, 1.165) is 117 Å². The van der Waals surface area contributed by atoms with Gasteiger partial charge in [-0.05, 0) is 179 Å². The Hall–Kier alpha value is -5.93. The van der Waals surface area contributed by atoms with E-state index in [-0.39, 0.29) is 71.1 Å². The molecule has 11 nitrogen and oxygen atoms in total. The van der Waals surface area contributed by atoms with Crippen LogP contribution in [0.3, 0.4) is 0 Å². The summed E-state index contributed by atoms with van der Waals surface area (Å²) in [5, 5.41) is 48.2. The second kappa shape index (κ2) is 20.6. The predicted octanol–water partition coefficient (Wildman–Crippen LogP) is 10.4. The first-order valence-electron chi connectivity index (χ1n) is 29.2. The minimum Gasteiger partial charge on any atom is -0.507 e. The van der Waals surface area contributed by atoms with Gasteiger partial charge in [0.15, 0.2) is 11.7 Å². The molecule has 9 N–H and O–H groups in total. The Balaban J connectivity index is 1.05. The number of fused-ring (bicyclic) bond motifs is 6. The quantitative estimate of drug-likeness (QED) is 0.0222. The number of nitrogens with two attached hydrogens (primary N) is 1. The van der Waals surface area contributed by atoms with Crippen molar-refractivity contribution in [3.05, 3.63) is 128 Å². The third-order valence-electron chi connectivity index (χ3n) is 20.8. The molecule has 13 heteroatoms. The summed E-state index contributed by atoms with van der Waals surface area (Å²) in [7, 11) is 2.03. The van der Waals surface area contributed by atoms with Crippen molar-refractivity contribution >= 4 is 46.2 Å². The predicted molar refractivity (Wildman–Crippen MR) is 317 cm³/mol. The number of carbonyl (C=O) groups excluding carboxylic acids is 1. The summed E-state index contributed by atoms with van der Waals surface area (Å²) in [6.45, 7) is 4.63. The van der Waals surface area contributed by atoms with Crippen molar-refractivity contribution in [2.75, 3.05) is 25.5 Å². The molecule has 6 aliphatic carbocycles. The highest BCUT2D eigenvalue weighted by atomic mass is 32.1. The van der Waals surface area contributed by atoms with Crippen LogP contribution in [0.25, 0.3) is 15.8 Å². The Kier molecular flexibility index (Phi) is 13.6. The lowest BCUT2D eigenvalue weighted by atomic mass is 9.47. The third-order valence-corrected chi connectivity index (χ3v) is 23.0. The van der Waals surface area contributed by atoms with Crippen molar-refractivity contribution in [3.8, 4) is 39.2 Å². The number of anilines is 1. The highest BCUT2D eigenvalue weighted by Gasteiger charge is 2.72. The molecular formula is C66H75N7O4S2. The van der Waals surface area contributed by atoms with Gasteiger partial charge in [-0.25, -0.2) is 9.98 Å². The Morgan fingerprint density at radius 2 is 1.82 bits per heavy atom. The van der Waals surface area contributed by atoms with E-state index in [2.05, 4.69) is 104 Å². The normalized spacial score (nSPS) is 33.2. The number of benzene rings is 2. The molecule has 2 aliphatic heterocycles. The summed E-state index contributed by atoms with van der Waals surface area (Å²) in [4.78, 5) is 33.7. The van der Waals surface area contributed by atoms with Crippen molar-refractivity contribution in [1.82, 2.24) is 20.6 Å². The first-order chi connectivity index (χ1) is 38.3. The fourth-order valence-corrected chi connectivity index (χ4v) is 19.4. The summed E-state index contributed by atoms with van der Waals surface area (Å²) >= 11 is 3.28. The number of guanidine groups is 1. The number of nitrogens with zero attached hydrogens (tertiary/aromatic N) is 2. The van der Waals surface area contributed by atoms with Gasteiger partial charge in [0, 0.05) is 69.9 Å². The zero-order chi connectivity index (χ0) is 54.3. The maximum atomic E-state index is 16.2. The average molecular weight is 1090 g/mol. The number of aromatic hydroxyl groups is 1. The molecule has 3 spiro atoms. The number of ketones is 1. The molecule has 4 fully saturated rings. The number of rotatable bonds is 10. The topological polar surface area (TPSA) is 181 Å². The maximum Gasteiger partial charge on any atom is 0.189 e. The SMILES string of the molecule is CC#Cc1ccc(-c2ccc(C(=O)[C@H]3CC[C@@]45C=C[C@@H]6[C@H]([C@@H]7C#Cc8c(cc(O)c9c8N[C@@H](C=C9)[C@@](C)(O)Cc8cccc(c8Cc8cnc[nH]8)C7)C[C@H]4N=C(N)NC4CCCCC4)[C@]4(CC[C@@H](CNC)[C@@H]4CO)C[C@]36C5)s2)s1. The fourth-order valence-electron chi connectivity index (χ4n) is 17.4. The Bertz CT molecular complexity index is 3400. The van der Waals surface area contributed by atoms with E-state index in [9.17, 15) is 15.3 Å². The number of phenolic OH excluding ortho intramolecular Hbond substituents is 1. The largest absolute Gasteiger partial charge is 0.507 e. The van der Waals surface area contributed by atoms with Gasteiger partial charge in [0.2, 0.25) is 0 Å². The van der Waals surface area contributed by atoms with E-state index < -0.39 is 22.5 Å². The molecule has 79 heavy (non-hydrogen) atoms. The minimum atomic E-state index is -1.25. The van der Waals surface area contributed by atoms with E-state index in [0.29, 0.717) is 43.6 Å². The molecule has 410 valence electrons. The van der Waals surface area contributed by atoms with Crippen LogP contribution in [0.5, 0.6) is 5.75 Å². The number of carbonyl (C=O) groups is 1. The molecule has 9 bridgehead atoms. The number of Topliss-reactive ketones (excluding diaryl/α,β-unsaturated/α-hetero) is 1. The van der Waals surface area contributed by atoms with Crippen LogP contribution in [0.1, 0.15) is 138 Å². The first-order valence-corrected chi connectivity index (χ1v) is 30.8. The van der Waals surface area contributed by atoms with Crippen molar-refractivity contribution in [3.63, 3.8) is 0 Å². The van der Waals surface area contributed by atoms with Gasteiger partial charge in [0.25, 0.3) is 0 Å². The summed E-state index contributed by atoms with van der Waals surface area (Å²) in [6, 6.07) is 16.3. The molecule has 5 heterocycles.